The van der Waals surface area contributed by atoms with Gasteiger partial charge in [0.15, 0.2) is 11.6 Å². The van der Waals surface area contributed by atoms with E-state index in [0.29, 0.717) is 12.0 Å². The zero-order valence-electron chi connectivity index (χ0n) is 10.2. The van der Waals surface area contributed by atoms with Crippen LogP contribution in [0.25, 0.3) is 11.4 Å². The summed E-state index contributed by atoms with van der Waals surface area (Å²) in [6, 6.07) is 2.04. The van der Waals surface area contributed by atoms with Crippen LogP contribution in [0, 0.1) is 11.6 Å². The van der Waals surface area contributed by atoms with Crippen molar-refractivity contribution in [3.8, 4) is 11.4 Å². The van der Waals surface area contributed by atoms with Gasteiger partial charge in [0.05, 0.1) is 10.5 Å². The molecule has 0 aliphatic carbocycles. The minimum atomic E-state index is -0.985. The molecule has 1 aromatic heterocycles. The van der Waals surface area contributed by atoms with Crippen molar-refractivity contribution in [2.24, 2.45) is 5.73 Å². The summed E-state index contributed by atoms with van der Waals surface area (Å²) >= 11 is 2.98. The van der Waals surface area contributed by atoms with Crippen molar-refractivity contribution in [3.63, 3.8) is 0 Å². The number of nitrogens with two attached hydrogens (primary N) is 1. The molecule has 0 saturated carbocycles. The number of rotatable bonds is 4. The Morgan fingerprint density at radius 3 is 2.84 bits per heavy atom. The van der Waals surface area contributed by atoms with E-state index in [1.807, 2.05) is 6.92 Å². The van der Waals surface area contributed by atoms with E-state index in [1.165, 1.54) is 6.07 Å². The Morgan fingerprint density at radius 2 is 2.16 bits per heavy atom. The lowest BCUT2D eigenvalue weighted by Crippen LogP contribution is -2.09. The predicted octanol–water partition coefficient (Wildman–Crippen LogP) is 3.58. The van der Waals surface area contributed by atoms with E-state index in [4.69, 9.17) is 10.3 Å². The second-order valence-electron chi connectivity index (χ2n) is 4.07. The fourth-order valence-corrected chi connectivity index (χ4v) is 2.13. The highest BCUT2D eigenvalue weighted by molar-refractivity contribution is 9.10. The first-order chi connectivity index (χ1) is 9.04. The zero-order chi connectivity index (χ0) is 14.0. The van der Waals surface area contributed by atoms with Gasteiger partial charge in [0.2, 0.25) is 11.7 Å². The van der Waals surface area contributed by atoms with Crippen LogP contribution in [0.5, 0.6) is 0 Å². The normalized spacial score (nSPS) is 12.7. The van der Waals surface area contributed by atoms with Crippen LogP contribution >= 0.6 is 15.9 Å². The SMILES string of the molecule is CCCC(N)c1nc(-c2ccc(F)c(F)c2Br)no1. The second kappa shape index (κ2) is 5.75. The highest BCUT2D eigenvalue weighted by atomic mass is 79.9. The van der Waals surface area contributed by atoms with Gasteiger partial charge in [-0.05, 0) is 34.5 Å². The van der Waals surface area contributed by atoms with Gasteiger partial charge in [-0.2, -0.15) is 4.98 Å². The molecule has 0 radical (unpaired) electrons. The van der Waals surface area contributed by atoms with Crippen molar-refractivity contribution in [3.05, 3.63) is 34.1 Å². The van der Waals surface area contributed by atoms with Gasteiger partial charge in [-0.3, -0.25) is 0 Å². The fraction of sp³-hybridized carbons (Fsp3) is 0.333. The third kappa shape index (κ3) is 2.82. The summed E-state index contributed by atoms with van der Waals surface area (Å²) in [4.78, 5) is 4.11. The van der Waals surface area contributed by atoms with Crippen LogP contribution in [0.1, 0.15) is 31.7 Å². The predicted molar refractivity (Wildman–Crippen MR) is 69.2 cm³/mol. The molecule has 1 unspecified atom stereocenters. The molecule has 0 bridgehead atoms. The fourth-order valence-electron chi connectivity index (χ4n) is 1.63. The number of benzene rings is 1. The summed E-state index contributed by atoms with van der Waals surface area (Å²) in [5.74, 6) is -1.47. The molecule has 1 atom stereocenters. The Morgan fingerprint density at radius 1 is 1.42 bits per heavy atom. The van der Waals surface area contributed by atoms with Crippen LogP contribution in [0.4, 0.5) is 8.78 Å². The zero-order valence-corrected chi connectivity index (χ0v) is 11.7. The smallest absolute Gasteiger partial charge is 0.243 e. The summed E-state index contributed by atoms with van der Waals surface area (Å²) in [5, 5.41) is 3.74. The lowest BCUT2D eigenvalue weighted by molar-refractivity contribution is 0.348. The van der Waals surface area contributed by atoms with Gasteiger partial charge in [0.1, 0.15) is 0 Å². The maximum absolute atomic E-state index is 13.4. The van der Waals surface area contributed by atoms with Gasteiger partial charge in [-0.25, -0.2) is 8.78 Å². The molecule has 2 rings (SSSR count). The maximum atomic E-state index is 13.4. The van der Waals surface area contributed by atoms with Gasteiger partial charge in [-0.15, -0.1) is 0 Å². The van der Waals surface area contributed by atoms with Crippen molar-refractivity contribution in [1.82, 2.24) is 10.1 Å². The van der Waals surface area contributed by atoms with Crippen molar-refractivity contribution in [2.45, 2.75) is 25.8 Å². The van der Waals surface area contributed by atoms with Gasteiger partial charge in [0, 0.05) is 5.56 Å². The molecule has 0 aliphatic rings. The molecule has 1 aromatic carbocycles. The molecule has 2 aromatic rings. The standard InChI is InChI=1S/C12H12BrF2N3O/c1-2-3-8(16)12-17-11(18-19-12)6-4-5-7(14)10(15)9(6)13/h4-5,8H,2-3,16H2,1H3. The summed E-state index contributed by atoms with van der Waals surface area (Å²) in [5.41, 5.74) is 6.16. The van der Waals surface area contributed by atoms with Crippen LogP contribution < -0.4 is 5.73 Å². The number of nitrogens with zero attached hydrogens (tertiary/aromatic N) is 2. The number of halogens is 3. The van der Waals surface area contributed by atoms with Gasteiger partial charge < -0.3 is 10.3 Å². The number of aromatic nitrogens is 2. The average molecular weight is 332 g/mol. The first kappa shape index (κ1) is 14.1. The molecule has 0 spiro atoms. The Kier molecular flexibility index (Phi) is 4.26. The molecule has 102 valence electrons. The summed E-state index contributed by atoms with van der Waals surface area (Å²) in [6.45, 7) is 1.99. The molecule has 0 fully saturated rings. The Hall–Kier alpha value is -1.34. The van der Waals surface area contributed by atoms with Crippen molar-refractivity contribution >= 4 is 15.9 Å². The Labute approximate surface area is 117 Å². The highest BCUT2D eigenvalue weighted by Gasteiger charge is 2.19. The third-order valence-corrected chi connectivity index (χ3v) is 3.41. The van der Waals surface area contributed by atoms with E-state index in [-0.39, 0.29) is 22.2 Å². The maximum Gasteiger partial charge on any atom is 0.243 e. The largest absolute Gasteiger partial charge is 0.337 e. The van der Waals surface area contributed by atoms with Gasteiger partial charge >= 0.3 is 0 Å². The van der Waals surface area contributed by atoms with Crippen LogP contribution in [-0.4, -0.2) is 10.1 Å². The monoisotopic (exact) mass is 331 g/mol. The Balaban J connectivity index is 2.36. The molecule has 19 heavy (non-hydrogen) atoms. The number of hydrogen-bond donors (Lipinski definition) is 1. The molecule has 7 heteroatoms. The lowest BCUT2D eigenvalue weighted by atomic mass is 10.2. The van der Waals surface area contributed by atoms with Crippen LogP contribution in [0.2, 0.25) is 0 Å². The molecular weight excluding hydrogens is 320 g/mol. The lowest BCUT2D eigenvalue weighted by Gasteiger charge is -2.03. The van der Waals surface area contributed by atoms with Crippen molar-refractivity contribution in [2.75, 3.05) is 0 Å². The van der Waals surface area contributed by atoms with Crippen LogP contribution in [0.15, 0.2) is 21.1 Å². The summed E-state index contributed by atoms with van der Waals surface area (Å²) in [6.07, 6.45) is 1.59. The van der Waals surface area contributed by atoms with E-state index in [0.717, 1.165) is 12.5 Å². The first-order valence-corrected chi connectivity index (χ1v) is 6.57. The van der Waals surface area contributed by atoms with Crippen LogP contribution in [0.3, 0.4) is 0 Å². The molecule has 0 saturated heterocycles. The van der Waals surface area contributed by atoms with Crippen LogP contribution in [-0.2, 0) is 0 Å². The number of hydrogen-bond acceptors (Lipinski definition) is 4. The Bertz CT molecular complexity index is 588. The van der Waals surface area contributed by atoms with Crippen molar-refractivity contribution in [1.29, 1.82) is 0 Å². The average Bonchev–Trinajstić information content (AvgIpc) is 2.86. The summed E-state index contributed by atoms with van der Waals surface area (Å²) < 4.78 is 31.4. The van der Waals surface area contributed by atoms with Gasteiger partial charge in [-0.1, -0.05) is 18.5 Å². The minimum absolute atomic E-state index is 0.0380. The third-order valence-electron chi connectivity index (χ3n) is 2.63. The van der Waals surface area contributed by atoms with E-state index >= 15 is 0 Å². The van der Waals surface area contributed by atoms with E-state index in [2.05, 4.69) is 26.1 Å². The van der Waals surface area contributed by atoms with E-state index in [1.54, 1.807) is 0 Å². The van der Waals surface area contributed by atoms with E-state index < -0.39 is 11.6 Å². The first-order valence-electron chi connectivity index (χ1n) is 5.77. The molecule has 0 amide bonds. The molecule has 0 aliphatic heterocycles. The van der Waals surface area contributed by atoms with Crippen molar-refractivity contribution < 1.29 is 13.3 Å². The quantitative estimate of drug-likeness (QED) is 0.869. The molecule has 4 nitrogen and oxygen atoms in total. The minimum Gasteiger partial charge on any atom is -0.337 e. The second-order valence-corrected chi connectivity index (χ2v) is 4.87. The summed E-state index contributed by atoms with van der Waals surface area (Å²) in [7, 11) is 0. The molecular formula is C12H12BrF2N3O. The molecule has 1 heterocycles. The topological polar surface area (TPSA) is 64.9 Å². The highest BCUT2D eigenvalue weighted by Crippen LogP contribution is 2.30. The van der Waals surface area contributed by atoms with Gasteiger partial charge in [0.25, 0.3) is 0 Å². The molecule has 2 N–H and O–H groups in total. The van der Waals surface area contributed by atoms with E-state index in [9.17, 15) is 8.78 Å².